The first kappa shape index (κ1) is 33.9. The molecule has 0 saturated carbocycles. The molecule has 29 heavy (non-hydrogen) atoms. The van der Waals surface area contributed by atoms with Crippen LogP contribution >= 0.6 is 8.25 Å². The van der Waals surface area contributed by atoms with Gasteiger partial charge in [0.2, 0.25) is 0 Å². The van der Waals surface area contributed by atoms with Gasteiger partial charge in [-0.2, -0.15) is 35.9 Å². The molecular weight excluding hydrogens is 473 g/mol. The van der Waals surface area contributed by atoms with Gasteiger partial charge in [-0.05, 0) is 12.8 Å². The summed E-state index contributed by atoms with van der Waals surface area (Å²) in [7, 11) is -1.85. The molecule has 0 aromatic heterocycles. The van der Waals surface area contributed by atoms with Crippen molar-refractivity contribution in [2.75, 3.05) is 13.2 Å². The second kappa shape index (κ2) is 28.2. The summed E-state index contributed by atoms with van der Waals surface area (Å²) in [5, 5.41) is 0. The molecule has 1 aromatic carbocycles. The Labute approximate surface area is 201 Å². The van der Waals surface area contributed by atoms with Gasteiger partial charge in [-0.15, -0.1) is 9.05 Å². The predicted octanol–water partition coefficient (Wildman–Crippen LogP) is 8.05. The number of rotatable bonds is 16. The normalized spacial score (nSPS) is 9.62. The van der Waals surface area contributed by atoms with Crippen LogP contribution in [0.4, 0.5) is 0 Å². The fourth-order valence-electron chi connectivity index (χ4n) is 2.48. The van der Waals surface area contributed by atoms with Crippen LogP contribution in [0.1, 0.15) is 97.0 Å². The number of hydrogen-bond donors (Lipinski definition) is 0. The summed E-state index contributed by atoms with van der Waals surface area (Å²) in [5.41, 5.74) is 1.46. The molecule has 0 amide bonds. The summed E-state index contributed by atoms with van der Waals surface area (Å²) in [4.78, 5) is 0. The van der Waals surface area contributed by atoms with Gasteiger partial charge in [-0.25, -0.2) is 0 Å². The Bertz CT molecular complexity index is 421. The van der Waals surface area contributed by atoms with Gasteiger partial charge in [0.25, 0.3) is 0 Å². The van der Waals surface area contributed by atoms with Crippen LogP contribution in [0.2, 0.25) is 0 Å². The Morgan fingerprint density at radius 2 is 1.17 bits per heavy atom. The number of aryl methyl sites for hydroxylation is 1. The van der Waals surface area contributed by atoms with Crippen LogP contribution in [0.15, 0.2) is 24.3 Å². The minimum Gasteiger partial charge on any atom is -0.184 e. The van der Waals surface area contributed by atoms with Crippen molar-refractivity contribution in [1.82, 2.24) is 0 Å². The van der Waals surface area contributed by atoms with Crippen LogP contribution in [0.5, 0.6) is 0 Å². The zero-order valence-electron chi connectivity index (χ0n) is 18.5. The van der Waals surface area contributed by atoms with Crippen molar-refractivity contribution in [3.63, 3.8) is 0 Å². The molecule has 0 N–H and O–H groups in total. The standard InChI is InChI=1S/C15H23.C8H18O3P.2Ni/c1-2-3-4-5-6-7-9-12-15-13-10-8-11-14-15;1-3-5-7-10-12(9)11-8-6-4-2;;/h10-11,13-14H,2-7,9,12H2,1H3;3-8H2,1-2H3;;/q-1;+1;;. The van der Waals surface area contributed by atoms with Crippen molar-refractivity contribution in [1.29, 1.82) is 0 Å². The fraction of sp³-hybridized carbons (Fsp3) is 0.739. The second-order valence-electron chi connectivity index (χ2n) is 6.88. The summed E-state index contributed by atoms with van der Waals surface area (Å²) in [6.45, 7) is 7.48. The topological polar surface area (TPSA) is 35.5 Å². The van der Waals surface area contributed by atoms with Gasteiger partial charge in [-0.3, -0.25) is 0 Å². The van der Waals surface area contributed by atoms with Crippen molar-refractivity contribution in [2.24, 2.45) is 0 Å². The summed E-state index contributed by atoms with van der Waals surface area (Å²) >= 11 is 0. The Kier molecular flexibility index (Phi) is 33.0. The first-order chi connectivity index (χ1) is 13.2. The third-order valence-electron chi connectivity index (χ3n) is 4.25. The maximum absolute atomic E-state index is 10.9. The van der Waals surface area contributed by atoms with E-state index in [1.54, 1.807) is 0 Å². The van der Waals surface area contributed by atoms with Crippen molar-refractivity contribution in [2.45, 2.75) is 97.8 Å². The number of unbranched alkanes of at least 4 members (excludes halogenated alkanes) is 8. The summed E-state index contributed by atoms with van der Waals surface area (Å²) in [6.07, 6.45) is 15.0. The zero-order valence-corrected chi connectivity index (χ0v) is 21.4. The van der Waals surface area contributed by atoms with Crippen molar-refractivity contribution < 1.29 is 46.6 Å². The average molecular weight is 514 g/mol. The van der Waals surface area contributed by atoms with E-state index in [0.29, 0.717) is 13.2 Å². The van der Waals surface area contributed by atoms with E-state index in [2.05, 4.69) is 39.0 Å². The first-order valence-electron chi connectivity index (χ1n) is 10.9. The van der Waals surface area contributed by atoms with Gasteiger partial charge in [0.1, 0.15) is 13.2 Å². The number of benzene rings is 1. The van der Waals surface area contributed by atoms with Crippen molar-refractivity contribution in [3.8, 4) is 0 Å². The molecule has 0 radical (unpaired) electrons. The van der Waals surface area contributed by atoms with Crippen LogP contribution < -0.4 is 0 Å². The van der Waals surface area contributed by atoms with E-state index in [-0.39, 0.29) is 33.0 Å². The average Bonchev–Trinajstić information content (AvgIpc) is 2.69. The van der Waals surface area contributed by atoms with E-state index in [4.69, 9.17) is 9.05 Å². The molecule has 0 saturated heterocycles. The maximum atomic E-state index is 10.9. The van der Waals surface area contributed by atoms with Gasteiger partial charge in [0, 0.05) is 37.5 Å². The third-order valence-corrected chi connectivity index (χ3v) is 5.03. The molecule has 0 atom stereocenters. The molecule has 0 aliphatic heterocycles. The summed E-state index contributed by atoms with van der Waals surface area (Å²) in [5.74, 6) is 0. The van der Waals surface area contributed by atoms with E-state index in [1.165, 1.54) is 56.9 Å². The molecule has 3 nitrogen and oxygen atoms in total. The molecule has 0 aliphatic rings. The van der Waals surface area contributed by atoms with Crippen LogP contribution in [-0.4, -0.2) is 13.2 Å². The molecule has 6 heteroatoms. The summed E-state index contributed by atoms with van der Waals surface area (Å²) < 4.78 is 20.7. The SMILES string of the molecule is CCCCCCCCCc1cc[c-]cc1.CCCCO[P+](=O)OCCCC.[Ni].[Ni]. The Morgan fingerprint density at radius 3 is 1.66 bits per heavy atom. The van der Waals surface area contributed by atoms with Crippen molar-refractivity contribution in [3.05, 3.63) is 35.9 Å². The summed E-state index contributed by atoms with van der Waals surface area (Å²) in [6, 6.07) is 11.4. The smallest absolute Gasteiger partial charge is 0.184 e. The van der Waals surface area contributed by atoms with Gasteiger partial charge in [0.15, 0.2) is 0 Å². The molecule has 0 fully saturated rings. The van der Waals surface area contributed by atoms with Gasteiger partial charge in [0.05, 0.1) is 0 Å². The molecule has 0 spiro atoms. The van der Waals surface area contributed by atoms with E-state index >= 15 is 0 Å². The molecule has 0 heterocycles. The Balaban J connectivity index is -0.000000447. The molecule has 0 aliphatic carbocycles. The Hall–Kier alpha value is 0.227. The molecular formula is C23H41Ni2O3P. The second-order valence-corrected chi connectivity index (χ2v) is 7.84. The van der Waals surface area contributed by atoms with Gasteiger partial charge < -0.3 is 0 Å². The minimum atomic E-state index is -1.85. The molecule has 1 rings (SSSR count). The van der Waals surface area contributed by atoms with Crippen molar-refractivity contribution >= 4 is 8.25 Å². The third kappa shape index (κ3) is 26.2. The largest absolute Gasteiger partial charge is 0.697 e. The quantitative estimate of drug-likeness (QED) is 0.0970. The predicted molar refractivity (Wildman–Crippen MR) is 116 cm³/mol. The van der Waals surface area contributed by atoms with E-state index < -0.39 is 8.25 Å². The fourth-order valence-corrected chi connectivity index (χ4v) is 3.11. The number of hydrogen-bond acceptors (Lipinski definition) is 3. The van der Waals surface area contributed by atoms with Gasteiger partial charge in [-0.1, -0.05) is 85.0 Å². The van der Waals surface area contributed by atoms with Gasteiger partial charge >= 0.3 is 8.25 Å². The molecule has 1 aromatic rings. The van der Waals surface area contributed by atoms with E-state index in [0.717, 1.165) is 25.7 Å². The molecule has 176 valence electrons. The molecule has 0 bridgehead atoms. The van der Waals surface area contributed by atoms with Crippen LogP contribution in [0.25, 0.3) is 0 Å². The monoisotopic (exact) mass is 512 g/mol. The maximum Gasteiger partial charge on any atom is 0.697 e. The molecule has 0 unspecified atom stereocenters. The van der Waals surface area contributed by atoms with Crippen LogP contribution in [0.3, 0.4) is 0 Å². The van der Waals surface area contributed by atoms with E-state index in [9.17, 15) is 4.57 Å². The minimum absolute atomic E-state index is 0. The zero-order chi connectivity index (χ0) is 20.0. The Morgan fingerprint density at radius 1 is 0.724 bits per heavy atom. The first-order valence-corrected chi connectivity index (χ1v) is 12.0. The van der Waals surface area contributed by atoms with E-state index in [1.807, 2.05) is 12.1 Å². The van der Waals surface area contributed by atoms with Crippen LogP contribution in [0, 0.1) is 6.07 Å². The van der Waals surface area contributed by atoms with Crippen LogP contribution in [-0.2, 0) is 53.0 Å².